The van der Waals surface area contributed by atoms with Gasteiger partial charge in [0, 0.05) is 19.6 Å². The Morgan fingerprint density at radius 1 is 1.29 bits per heavy atom. The first-order valence-electron chi connectivity index (χ1n) is 7.27. The maximum absolute atomic E-state index is 13.0. The Balaban J connectivity index is 1.49. The molecule has 1 aromatic carbocycles. The van der Waals surface area contributed by atoms with Gasteiger partial charge in [-0.15, -0.1) is 5.10 Å². The fourth-order valence-electron chi connectivity index (χ4n) is 3.24. The summed E-state index contributed by atoms with van der Waals surface area (Å²) < 4.78 is 20.9. The molecule has 4 rings (SSSR count). The van der Waals surface area contributed by atoms with Gasteiger partial charge in [-0.05, 0) is 24.1 Å². The van der Waals surface area contributed by atoms with Crippen LogP contribution < -0.4 is 0 Å². The Labute approximate surface area is 122 Å². The maximum atomic E-state index is 13.0. The summed E-state index contributed by atoms with van der Waals surface area (Å²) >= 11 is 0. The number of halogens is 1. The van der Waals surface area contributed by atoms with Crippen molar-refractivity contribution in [2.24, 2.45) is 0 Å². The van der Waals surface area contributed by atoms with Crippen molar-refractivity contribution in [1.82, 2.24) is 19.9 Å². The van der Waals surface area contributed by atoms with Gasteiger partial charge in [-0.2, -0.15) is 0 Å². The molecule has 2 atom stereocenters. The molecule has 2 aromatic rings. The van der Waals surface area contributed by atoms with Gasteiger partial charge in [-0.1, -0.05) is 17.3 Å². The Morgan fingerprint density at radius 3 is 3.00 bits per heavy atom. The topological polar surface area (TPSA) is 43.2 Å². The lowest BCUT2D eigenvalue weighted by atomic mass is 10.00. The van der Waals surface area contributed by atoms with Crippen molar-refractivity contribution in [2.45, 2.75) is 31.7 Å². The summed E-state index contributed by atoms with van der Waals surface area (Å²) in [6.45, 7) is 3.31. The van der Waals surface area contributed by atoms with Crippen LogP contribution in [-0.4, -0.2) is 39.1 Å². The number of ether oxygens (including phenoxy) is 1. The molecule has 0 unspecified atom stereocenters. The molecule has 0 radical (unpaired) electrons. The smallest absolute Gasteiger partial charge is 0.123 e. The van der Waals surface area contributed by atoms with Gasteiger partial charge in [0.15, 0.2) is 0 Å². The van der Waals surface area contributed by atoms with E-state index in [9.17, 15) is 4.39 Å². The summed E-state index contributed by atoms with van der Waals surface area (Å²) in [5.74, 6) is -0.189. The van der Waals surface area contributed by atoms with Gasteiger partial charge in [0.05, 0.1) is 30.6 Å². The Hall–Kier alpha value is -1.79. The first kappa shape index (κ1) is 12.9. The minimum Gasteiger partial charge on any atom is -0.370 e. The summed E-state index contributed by atoms with van der Waals surface area (Å²) in [7, 11) is 0. The van der Waals surface area contributed by atoms with Crippen LogP contribution in [0.15, 0.2) is 30.5 Å². The van der Waals surface area contributed by atoms with Crippen LogP contribution in [0.5, 0.6) is 0 Å². The Kier molecular flexibility index (Phi) is 3.20. The van der Waals surface area contributed by atoms with Gasteiger partial charge in [-0.3, -0.25) is 4.90 Å². The molecule has 3 heterocycles. The predicted molar refractivity (Wildman–Crippen MR) is 73.9 cm³/mol. The molecular weight excluding hydrogens is 271 g/mol. The average Bonchev–Trinajstić information content (AvgIpc) is 2.98. The summed E-state index contributed by atoms with van der Waals surface area (Å²) in [6, 6.07) is 6.95. The van der Waals surface area contributed by atoms with Gasteiger partial charge in [0.1, 0.15) is 5.82 Å². The summed E-state index contributed by atoms with van der Waals surface area (Å²) in [5.41, 5.74) is 2.17. The van der Waals surface area contributed by atoms with E-state index in [0.717, 1.165) is 37.3 Å². The minimum absolute atomic E-state index is 0.189. The Bertz CT molecular complexity index is 627. The van der Waals surface area contributed by atoms with Crippen LogP contribution in [0.25, 0.3) is 0 Å². The van der Waals surface area contributed by atoms with Crippen molar-refractivity contribution in [3.05, 3.63) is 47.5 Å². The number of likely N-dealkylation sites (tertiary alicyclic amines) is 1. The molecule has 1 aromatic heterocycles. The molecule has 1 fully saturated rings. The fraction of sp³-hybridized carbons (Fsp3) is 0.467. The fourth-order valence-corrected chi connectivity index (χ4v) is 3.24. The number of hydrogen-bond donors (Lipinski definition) is 0. The van der Waals surface area contributed by atoms with Crippen molar-refractivity contribution in [3.63, 3.8) is 0 Å². The number of benzene rings is 1. The zero-order valence-electron chi connectivity index (χ0n) is 11.7. The quantitative estimate of drug-likeness (QED) is 0.844. The number of nitrogens with zero attached hydrogens (tertiary/aromatic N) is 4. The molecule has 1 saturated heterocycles. The van der Waals surface area contributed by atoms with Gasteiger partial charge in [0.2, 0.25) is 0 Å². The number of fused-ring (bicyclic) bond motifs is 3. The van der Waals surface area contributed by atoms with E-state index >= 15 is 0 Å². The molecule has 0 bridgehead atoms. The lowest BCUT2D eigenvalue weighted by Gasteiger charge is -2.41. The summed E-state index contributed by atoms with van der Waals surface area (Å²) in [5, 5.41) is 8.19. The number of piperidine rings is 1. The van der Waals surface area contributed by atoms with Crippen LogP contribution in [0.4, 0.5) is 4.39 Å². The summed E-state index contributed by atoms with van der Waals surface area (Å²) in [4.78, 5) is 2.37. The van der Waals surface area contributed by atoms with E-state index in [0.29, 0.717) is 6.61 Å². The number of aromatic nitrogens is 3. The molecule has 0 amide bonds. The largest absolute Gasteiger partial charge is 0.370 e. The molecule has 5 nitrogen and oxygen atoms in total. The molecule has 0 N–H and O–H groups in total. The monoisotopic (exact) mass is 288 g/mol. The predicted octanol–water partition coefficient (Wildman–Crippen LogP) is 1.76. The lowest BCUT2D eigenvalue weighted by Crippen LogP contribution is -2.47. The zero-order valence-corrected chi connectivity index (χ0v) is 11.7. The van der Waals surface area contributed by atoms with Crippen molar-refractivity contribution in [1.29, 1.82) is 0 Å². The van der Waals surface area contributed by atoms with Crippen LogP contribution in [0, 0.1) is 5.82 Å². The second kappa shape index (κ2) is 5.20. The highest BCUT2D eigenvalue weighted by molar-refractivity contribution is 5.16. The molecule has 2 aliphatic rings. The first-order valence-corrected chi connectivity index (χ1v) is 7.27. The van der Waals surface area contributed by atoms with E-state index in [1.165, 1.54) is 12.1 Å². The highest BCUT2D eigenvalue weighted by Gasteiger charge is 2.36. The van der Waals surface area contributed by atoms with E-state index < -0.39 is 0 Å². The lowest BCUT2D eigenvalue weighted by molar-refractivity contribution is -0.0669. The van der Waals surface area contributed by atoms with E-state index in [1.807, 2.05) is 16.8 Å². The minimum atomic E-state index is -0.189. The highest BCUT2D eigenvalue weighted by Crippen LogP contribution is 2.30. The van der Waals surface area contributed by atoms with Crippen molar-refractivity contribution < 1.29 is 9.13 Å². The zero-order chi connectivity index (χ0) is 14.2. The molecule has 0 spiro atoms. The first-order chi connectivity index (χ1) is 10.3. The molecule has 0 saturated carbocycles. The van der Waals surface area contributed by atoms with Crippen molar-refractivity contribution >= 4 is 0 Å². The van der Waals surface area contributed by atoms with E-state index in [2.05, 4.69) is 15.2 Å². The number of rotatable bonds is 2. The SMILES string of the molecule is Fc1ccc(CN2CC[C@H]3OCc4cnnn4[C@@H]3C2)cc1. The van der Waals surface area contributed by atoms with Crippen LogP contribution in [-0.2, 0) is 17.9 Å². The van der Waals surface area contributed by atoms with Crippen LogP contribution >= 0.6 is 0 Å². The van der Waals surface area contributed by atoms with E-state index in [-0.39, 0.29) is 18.0 Å². The van der Waals surface area contributed by atoms with Gasteiger partial charge in [-0.25, -0.2) is 9.07 Å². The third kappa shape index (κ3) is 2.45. The second-order valence-corrected chi connectivity index (χ2v) is 5.74. The Morgan fingerprint density at radius 2 is 2.14 bits per heavy atom. The standard InChI is InChI=1S/C15H17FN4O/c16-12-3-1-11(2-4-12)8-19-6-5-15-14(9-19)20-13(10-21-15)7-17-18-20/h1-4,7,14-15H,5-6,8-10H2/t14-,15-/m1/s1. The highest BCUT2D eigenvalue weighted by atomic mass is 19.1. The van der Waals surface area contributed by atoms with Crippen LogP contribution in [0.3, 0.4) is 0 Å². The molecule has 6 heteroatoms. The molecule has 110 valence electrons. The second-order valence-electron chi connectivity index (χ2n) is 5.74. The molecular formula is C15H17FN4O. The van der Waals surface area contributed by atoms with Gasteiger partial charge >= 0.3 is 0 Å². The molecule has 2 aliphatic heterocycles. The molecule has 21 heavy (non-hydrogen) atoms. The van der Waals surface area contributed by atoms with Crippen molar-refractivity contribution in [3.8, 4) is 0 Å². The average molecular weight is 288 g/mol. The maximum Gasteiger partial charge on any atom is 0.123 e. The third-order valence-corrected chi connectivity index (χ3v) is 4.33. The van der Waals surface area contributed by atoms with Crippen LogP contribution in [0.2, 0.25) is 0 Å². The summed E-state index contributed by atoms with van der Waals surface area (Å²) in [6.07, 6.45) is 2.99. The normalized spacial score (nSPS) is 25.4. The molecule has 0 aliphatic carbocycles. The van der Waals surface area contributed by atoms with Gasteiger partial charge < -0.3 is 4.74 Å². The third-order valence-electron chi connectivity index (χ3n) is 4.33. The van der Waals surface area contributed by atoms with Gasteiger partial charge in [0.25, 0.3) is 0 Å². The van der Waals surface area contributed by atoms with E-state index in [1.54, 1.807) is 6.20 Å². The van der Waals surface area contributed by atoms with Crippen molar-refractivity contribution in [2.75, 3.05) is 13.1 Å². The van der Waals surface area contributed by atoms with E-state index in [4.69, 9.17) is 4.74 Å². The van der Waals surface area contributed by atoms with Crippen LogP contribution in [0.1, 0.15) is 23.7 Å². The number of hydrogen-bond acceptors (Lipinski definition) is 4.